The lowest BCUT2D eigenvalue weighted by Gasteiger charge is -2.03. The predicted molar refractivity (Wildman–Crippen MR) is 62.5 cm³/mol. The molecule has 0 saturated carbocycles. The topological polar surface area (TPSA) is 73.1 Å². The predicted octanol–water partition coefficient (Wildman–Crippen LogP) is 1.80. The van der Waals surface area contributed by atoms with Crippen LogP contribution in [0.2, 0.25) is 0 Å². The van der Waals surface area contributed by atoms with Gasteiger partial charge in [0, 0.05) is 5.38 Å². The molecule has 0 radical (unpaired) electrons. The van der Waals surface area contributed by atoms with Crippen molar-refractivity contribution in [1.29, 1.82) is 0 Å². The summed E-state index contributed by atoms with van der Waals surface area (Å²) in [5.74, 6) is 1.03. The van der Waals surface area contributed by atoms with Crippen LogP contribution in [0.5, 0.6) is 5.75 Å². The largest absolute Gasteiger partial charge is 0.490 e. The first-order valence-corrected chi connectivity index (χ1v) is 5.93. The lowest BCUT2D eigenvalue weighted by Crippen LogP contribution is -1.99. The molecular weight excluding hydrogens is 232 g/mol. The SMILES string of the molecule is COc1c(N)nsc1NCc1cscn1. The van der Waals surface area contributed by atoms with Crippen LogP contribution < -0.4 is 15.8 Å². The summed E-state index contributed by atoms with van der Waals surface area (Å²) in [6.45, 7) is 0.654. The average Bonchev–Trinajstić information content (AvgIpc) is 2.84. The van der Waals surface area contributed by atoms with Crippen LogP contribution in [0.1, 0.15) is 5.69 Å². The van der Waals surface area contributed by atoms with Crippen molar-refractivity contribution in [3.63, 3.8) is 0 Å². The maximum Gasteiger partial charge on any atom is 0.197 e. The first-order valence-electron chi connectivity index (χ1n) is 4.21. The van der Waals surface area contributed by atoms with Gasteiger partial charge in [0.25, 0.3) is 0 Å². The number of nitrogens with zero attached hydrogens (tertiary/aromatic N) is 2. The Balaban J connectivity index is 2.05. The summed E-state index contributed by atoms with van der Waals surface area (Å²) in [7, 11) is 1.58. The zero-order valence-electron chi connectivity index (χ0n) is 8.06. The van der Waals surface area contributed by atoms with E-state index in [1.165, 1.54) is 11.5 Å². The van der Waals surface area contributed by atoms with Gasteiger partial charge >= 0.3 is 0 Å². The van der Waals surface area contributed by atoms with E-state index >= 15 is 0 Å². The Morgan fingerprint density at radius 2 is 2.47 bits per heavy atom. The molecule has 0 aromatic carbocycles. The molecule has 15 heavy (non-hydrogen) atoms. The minimum absolute atomic E-state index is 0.420. The molecule has 0 unspecified atom stereocenters. The average molecular weight is 242 g/mol. The summed E-state index contributed by atoms with van der Waals surface area (Å²) in [6.07, 6.45) is 0. The summed E-state index contributed by atoms with van der Waals surface area (Å²) in [4.78, 5) is 4.16. The number of methoxy groups -OCH3 is 1. The van der Waals surface area contributed by atoms with Gasteiger partial charge in [0.2, 0.25) is 0 Å². The quantitative estimate of drug-likeness (QED) is 0.855. The van der Waals surface area contributed by atoms with Crippen molar-refractivity contribution in [3.05, 3.63) is 16.6 Å². The summed E-state index contributed by atoms with van der Waals surface area (Å²) in [5, 5.41) is 6.01. The Morgan fingerprint density at radius 1 is 1.60 bits per heavy atom. The highest BCUT2D eigenvalue weighted by Crippen LogP contribution is 2.34. The maximum absolute atomic E-state index is 5.62. The number of anilines is 2. The van der Waals surface area contributed by atoms with E-state index in [1.807, 2.05) is 5.38 Å². The molecule has 2 aromatic rings. The second-order valence-electron chi connectivity index (χ2n) is 2.76. The molecule has 2 heterocycles. The van der Waals surface area contributed by atoms with Crippen molar-refractivity contribution >= 4 is 33.7 Å². The fourth-order valence-corrected chi connectivity index (χ4v) is 2.34. The van der Waals surface area contributed by atoms with Crippen LogP contribution in [0.3, 0.4) is 0 Å². The van der Waals surface area contributed by atoms with E-state index in [4.69, 9.17) is 10.5 Å². The van der Waals surface area contributed by atoms with E-state index in [2.05, 4.69) is 14.7 Å². The monoisotopic (exact) mass is 242 g/mol. The molecule has 7 heteroatoms. The minimum atomic E-state index is 0.420. The molecule has 0 fully saturated rings. The molecule has 0 aliphatic rings. The highest BCUT2D eigenvalue weighted by Gasteiger charge is 2.11. The van der Waals surface area contributed by atoms with E-state index in [1.54, 1.807) is 24.0 Å². The van der Waals surface area contributed by atoms with E-state index < -0.39 is 0 Å². The van der Waals surface area contributed by atoms with Gasteiger partial charge in [-0.3, -0.25) is 0 Å². The number of ether oxygens (including phenoxy) is 1. The first-order chi connectivity index (χ1) is 7.31. The molecule has 0 aliphatic heterocycles. The Morgan fingerprint density at radius 3 is 3.13 bits per heavy atom. The van der Waals surface area contributed by atoms with Crippen molar-refractivity contribution < 1.29 is 4.74 Å². The van der Waals surface area contributed by atoms with Gasteiger partial charge in [-0.2, -0.15) is 4.37 Å². The highest BCUT2D eigenvalue weighted by molar-refractivity contribution is 7.11. The lowest BCUT2D eigenvalue weighted by atomic mass is 10.4. The Hall–Kier alpha value is -1.34. The Bertz CT molecular complexity index is 426. The summed E-state index contributed by atoms with van der Waals surface area (Å²) in [6, 6.07) is 0. The molecule has 0 atom stereocenters. The standard InChI is InChI=1S/C8H10N4OS2/c1-13-6-7(9)12-15-8(6)10-2-5-3-14-4-11-5/h3-4,10H,2H2,1H3,(H2,9,12). The molecule has 0 amide bonds. The second-order valence-corrected chi connectivity index (χ2v) is 4.26. The zero-order valence-corrected chi connectivity index (χ0v) is 9.69. The van der Waals surface area contributed by atoms with Crippen LogP contribution in [0.4, 0.5) is 10.8 Å². The maximum atomic E-state index is 5.62. The third-order valence-electron chi connectivity index (χ3n) is 1.79. The van der Waals surface area contributed by atoms with Crippen LogP contribution in [0.25, 0.3) is 0 Å². The van der Waals surface area contributed by atoms with Gasteiger partial charge in [0.1, 0.15) is 0 Å². The number of hydrogen-bond donors (Lipinski definition) is 2. The fourth-order valence-electron chi connectivity index (χ4n) is 1.10. The zero-order chi connectivity index (χ0) is 10.7. The fraction of sp³-hybridized carbons (Fsp3) is 0.250. The Labute approximate surface area is 95.1 Å². The molecule has 5 nitrogen and oxygen atoms in total. The van der Waals surface area contributed by atoms with Gasteiger partial charge < -0.3 is 15.8 Å². The third kappa shape index (κ3) is 2.18. The van der Waals surface area contributed by atoms with Gasteiger partial charge in [-0.15, -0.1) is 11.3 Å². The molecule has 3 N–H and O–H groups in total. The van der Waals surface area contributed by atoms with Crippen LogP contribution in [-0.4, -0.2) is 16.5 Å². The number of thiazole rings is 1. The number of nitrogens with two attached hydrogens (primary N) is 1. The second kappa shape index (κ2) is 4.45. The smallest absolute Gasteiger partial charge is 0.197 e. The number of rotatable bonds is 4. The molecule has 2 rings (SSSR count). The molecule has 0 aliphatic carbocycles. The van der Waals surface area contributed by atoms with Gasteiger partial charge in [-0.1, -0.05) is 0 Å². The number of aromatic nitrogens is 2. The van der Waals surface area contributed by atoms with Crippen LogP contribution in [0, 0.1) is 0 Å². The van der Waals surface area contributed by atoms with Crippen molar-refractivity contribution in [1.82, 2.24) is 9.36 Å². The third-order valence-corrected chi connectivity index (χ3v) is 3.23. The first kappa shape index (κ1) is 10.2. The number of hydrogen-bond acceptors (Lipinski definition) is 7. The molecule has 0 saturated heterocycles. The van der Waals surface area contributed by atoms with E-state index in [0.717, 1.165) is 10.7 Å². The minimum Gasteiger partial charge on any atom is -0.490 e. The number of nitrogens with one attached hydrogen (secondary N) is 1. The molecular formula is C8H10N4OS2. The summed E-state index contributed by atoms with van der Waals surface area (Å²) >= 11 is 2.86. The van der Waals surface area contributed by atoms with E-state index in [-0.39, 0.29) is 0 Å². The normalized spacial score (nSPS) is 10.2. The lowest BCUT2D eigenvalue weighted by molar-refractivity contribution is 0.419. The van der Waals surface area contributed by atoms with Crippen molar-refractivity contribution in [2.45, 2.75) is 6.54 Å². The number of nitrogen functional groups attached to an aromatic ring is 1. The van der Waals surface area contributed by atoms with Crippen molar-refractivity contribution in [3.8, 4) is 5.75 Å². The van der Waals surface area contributed by atoms with Gasteiger partial charge in [-0.05, 0) is 11.5 Å². The molecule has 0 spiro atoms. The van der Waals surface area contributed by atoms with Crippen LogP contribution in [0.15, 0.2) is 10.9 Å². The van der Waals surface area contributed by atoms with Crippen molar-refractivity contribution in [2.75, 3.05) is 18.2 Å². The van der Waals surface area contributed by atoms with E-state index in [9.17, 15) is 0 Å². The summed E-state index contributed by atoms with van der Waals surface area (Å²) < 4.78 is 9.13. The van der Waals surface area contributed by atoms with Crippen molar-refractivity contribution in [2.24, 2.45) is 0 Å². The molecule has 80 valence electrons. The van der Waals surface area contributed by atoms with Crippen LogP contribution >= 0.6 is 22.9 Å². The van der Waals surface area contributed by atoms with Gasteiger partial charge in [0.05, 0.1) is 24.9 Å². The molecule has 2 aromatic heterocycles. The summed E-state index contributed by atoms with van der Waals surface area (Å²) in [5.41, 5.74) is 8.42. The van der Waals surface area contributed by atoms with Crippen LogP contribution in [-0.2, 0) is 6.54 Å². The van der Waals surface area contributed by atoms with Gasteiger partial charge in [-0.25, -0.2) is 4.98 Å². The molecule has 0 bridgehead atoms. The highest BCUT2D eigenvalue weighted by atomic mass is 32.1. The van der Waals surface area contributed by atoms with Gasteiger partial charge in [0.15, 0.2) is 16.6 Å². The Kier molecular flexibility index (Phi) is 3.02. The van der Waals surface area contributed by atoms with E-state index in [0.29, 0.717) is 18.1 Å².